The molecule has 0 aliphatic carbocycles. The minimum Gasteiger partial charge on any atom is -0.416 e. The Morgan fingerprint density at radius 2 is 1.83 bits per heavy atom. The van der Waals surface area contributed by atoms with E-state index >= 15 is 0 Å². The summed E-state index contributed by atoms with van der Waals surface area (Å²) < 4.78 is 20.5. The van der Waals surface area contributed by atoms with Gasteiger partial charge < -0.3 is 4.52 Å². The smallest absolute Gasteiger partial charge is 0.416 e. The number of rotatable bonds is 3. The lowest BCUT2D eigenvalue weighted by molar-refractivity contribution is 0.438. The van der Waals surface area contributed by atoms with E-state index in [1.54, 1.807) is 24.3 Å². The summed E-state index contributed by atoms with van der Waals surface area (Å²) in [6, 6.07) is 8.74. The van der Waals surface area contributed by atoms with Crippen molar-refractivity contribution in [1.29, 1.82) is 0 Å². The fraction of sp³-hybridized carbons (Fsp3) is 0. The van der Waals surface area contributed by atoms with Crippen molar-refractivity contribution in [2.45, 2.75) is 0 Å². The van der Waals surface area contributed by atoms with Crippen molar-refractivity contribution >= 4 is 38.0 Å². The topological polar surface area (TPSA) is 35.5 Å². The summed E-state index contributed by atoms with van der Waals surface area (Å²) in [7, 11) is 0. The fourth-order valence-electron chi connectivity index (χ4n) is 0.621. The molecule has 0 aliphatic rings. The van der Waals surface area contributed by atoms with Gasteiger partial charge in [-0.05, 0) is 12.1 Å². The molecule has 0 bridgehead atoms. The van der Waals surface area contributed by atoms with E-state index < -0.39 is 6.30 Å². The Labute approximate surface area is 86.8 Å². The first-order valence-electron chi connectivity index (χ1n) is 2.99. The molecule has 1 aromatic carbocycles. The molecule has 1 atom stereocenters. The Balaban J connectivity index is 2.71. The van der Waals surface area contributed by atoms with Crippen LogP contribution in [0.1, 0.15) is 0 Å². The van der Waals surface area contributed by atoms with Gasteiger partial charge in [-0.15, -0.1) is 0 Å². The zero-order chi connectivity index (χ0) is 9.03. The second-order valence-electron chi connectivity index (χ2n) is 1.90. The largest absolute Gasteiger partial charge is 0.457 e. The molecule has 0 heterocycles. The van der Waals surface area contributed by atoms with E-state index in [0.29, 0.717) is 5.75 Å². The standard InChI is InChI=1S/C6H5Br2O3P/c7-11-12(8,9)10-6-4-2-1-3-5-6/h1-5H. The van der Waals surface area contributed by atoms with Gasteiger partial charge in [0.1, 0.15) is 22.0 Å². The molecule has 0 spiro atoms. The lowest BCUT2D eigenvalue weighted by atomic mass is 10.3. The molecule has 0 N–H and O–H groups in total. The molecule has 1 unspecified atom stereocenters. The molecule has 0 saturated heterocycles. The maximum atomic E-state index is 11.2. The van der Waals surface area contributed by atoms with Crippen LogP contribution in [0, 0.1) is 0 Å². The normalized spacial score (nSPS) is 15.2. The molecule has 0 aliphatic heterocycles. The van der Waals surface area contributed by atoms with Gasteiger partial charge in [0, 0.05) is 0 Å². The van der Waals surface area contributed by atoms with Crippen molar-refractivity contribution in [3.05, 3.63) is 30.3 Å². The highest BCUT2D eigenvalue weighted by atomic mass is 79.9. The monoisotopic (exact) mass is 314 g/mol. The zero-order valence-electron chi connectivity index (χ0n) is 5.81. The average Bonchev–Trinajstić information content (AvgIpc) is 2.06. The predicted molar refractivity (Wildman–Crippen MR) is 53.6 cm³/mol. The Morgan fingerprint density at radius 3 is 2.33 bits per heavy atom. The van der Waals surface area contributed by atoms with Gasteiger partial charge in [0.2, 0.25) is 0 Å². The van der Waals surface area contributed by atoms with Crippen LogP contribution in [0.25, 0.3) is 0 Å². The van der Waals surface area contributed by atoms with E-state index in [1.165, 1.54) is 0 Å². The van der Waals surface area contributed by atoms with Gasteiger partial charge in [0.15, 0.2) is 0 Å². The van der Waals surface area contributed by atoms with Gasteiger partial charge in [-0.3, -0.25) is 0 Å². The van der Waals surface area contributed by atoms with Crippen LogP contribution in [0.5, 0.6) is 5.75 Å². The van der Waals surface area contributed by atoms with Crippen molar-refractivity contribution in [1.82, 2.24) is 0 Å². The van der Waals surface area contributed by atoms with Crippen molar-refractivity contribution in [2.24, 2.45) is 0 Å². The summed E-state index contributed by atoms with van der Waals surface area (Å²) in [6.45, 7) is 0. The second-order valence-corrected chi connectivity index (χ2v) is 6.56. The Bertz CT molecular complexity index is 290. The third-order valence-electron chi connectivity index (χ3n) is 1.04. The first kappa shape index (κ1) is 10.3. The lowest BCUT2D eigenvalue weighted by Crippen LogP contribution is -1.84. The van der Waals surface area contributed by atoms with Crippen LogP contribution in [0.2, 0.25) is 0 Å². The minimum absolute atomic E-state index is 0.483. The molecular formula is C6H5Br2O3P. The summed E-state index contributed by atoms with van der Waals surface area (Å²) in [6.07, 6.45) is -3.17. The third-order valence-corrected chi connectivity index (χ3v) is 4.81. The van der Waals surface area contributed by atoms with Gasteiger partial charge in [-0.1, -0.05) is 18.2 Å². The van der Waals surface area contributed by atoms with Crippen molar-refractivity contribution in [2.75, 3.05) is 0 Å². The van der Waals surface area contributed by atoms with Gasteiger partial charge in [-0.2, -0.15) is 0 Å². The Kier molecular flexibility index (Phi) is 3.77. The van der Waals surface area contributed by atoms with Crippen LogP contribution in [0.15, 0.2) is 30.3 Å². The number of hydrogen-bond donors (Lipinski definition) is 0. The molecule has 12 heavy (non-hydrogen) atoms. The zero-order valence-corrected chi connectivity index (χ0v) is 9.88. The summed E-state index contributed by atoms with van der Waals surface area (Å²) >= 11 is 5.38. The van der Waals surface area contributed by atoms with Crippen molar-refractivity contribution in [3.8, 4) is 5.75 Å². The number of hydrogen-bond acceptors (Lipinski definition) is 3. The predicted octanol–water partition coefficient (Wildman–Crippen LogP) is 3.89. The van der Waals surface area contributed by atoms with E-state index in [1.807, 2.05) is 6.07 Å². The number of para-hydroxylation sites is 1. The van der Waals surface area contributed by atoms with Crippen LogP contribution in [0.4, 0.5) is 0 Å². The molecule has 0 saturated carbocycles. The molecule has 1 aromatic rings. The highest BCUT2D eigenvalue weighted by Gasteiger charge is 2.20. The van der Waals surface area contributed by atoms with Gasteiger partial charge in [0.25, 0.3) is 0 Å². The second kappa shape index (κ2) is 4.42. The Hall–Kier alpha value is 0.170. The molecule has 3 nitrogen and oxygen atoms in total. The van der Waals surface area contributed by atoms with Gasteiger partial charge in [-0.25, -0.2) is 8.18 Å². The molecule has 0 fully saturated rings. The van der Waals surface area contributed by atoms with Crippen LogP contribution >= 0.6 is 38.0 Å². The molecular weight excluding hydrogens is 311 g/mol. The fourth-order valence-corrected chi connectivity index (χ4v) is 1.70. The molecule has 0 amide bonds. The van der Waals surface area contributed by atoms with Crippen LogP contribution in [-0.4, -0.2) is 0 Å². The minimum atomic E-state index is -3.17. The maximum absolute atomic E-state index is 11.2. The van der Waals surface area contributed by atoms with Crippen LogP contribution in [0.3, 0.4) is 0 Å². The summed E-state index contributed by atoms with van der Waals surface area (Å²) in [5, 5.41) is 0. The summed E-state index contributed by atoms with van der Waals surface area (Å²) in [5.74, 6) is 0.483. The van der Waals surface area contributed by atoms with Crippen molar-refractivity contribution in [3.63, 3.8) is 0 Å². The SMILES string of the molecule is O=P(Br)(OBr)Oc1ccccc1. The summed E-state index contributed by atoms with van der Waals surface area (Å²) in [5.41, 5.74) is 0. The summed E-state index contributed by atoms with van der Waals surface area (Å²) in [4.78, 5) is 0. The molecule has 0 aromatic heterocycles. The van der Waals surface area contributed by atoms with E-state index in [-0.39, 0.29) is 0 Å². The first-order valence-corrected chi connectivity index (χ1v) is 7.19. The highest BCUT2D eigenvalue weighted by Crippen LogP contribution is 2.57. The third kappa shape index (κ3) is 3.27. The van der Waals surface area contributed by atoms with Crippen molar-refractivity contribution < 1.29 is 12.7 Å². The molecule has 1 rings (SSSR count). The number of halogens is 2. The van der Waals surface area contributed by atoms with Crippen LogP contribution in [-0.2, 0) is 8.18 Å². The first-order chi connectivity index (χ1) is 5.64. The molecule has 66 valence electrons. The molecule has 6 heteroatoms. The highest BCUT2D eigenvalue weighted by molar-refractivity contribution is 9.40. The average molecular weight is 316 g/mol. The van der Waals surface area contributed by atoms with E-state index in [2.05, 4.69) is 35.4 Å². The Morgan fingerprint density at radius 1 is 1.25 bits per heavy atom. The molecule has 0 radical (unpaired) electrons. The van der Waals surface area contributed by atoms with E-state index in [9.17, 15) is 4.57 Å². The van der Waals surface area contributed by atoms with E-state index in [4.69, 9.17) is 4.52 Å². The van der Waals surface area contributed by atoms with Gasteiger partial charge >= 0.3 is 6.30 Å². The van der Waals surface area contributed by atoms with Gasteiger partial charge in [0.05, 0.1) is 15.5 Å². The maximum Gasteiger partial charge on any atom is 0.457 e. The van der Waals surface area contributed by atoms with Crippen LogP contribution < -0.4 is 4.52 Å². The number of benzene rings is 1. The van der Waals surface area contributed by atoms with E-state index in [0.717, 1.165) is 0 Å². The lowest BCUT2D eigenvalue weighted by Gasteiger charge is -2.08. The quantitative estimate of drug-likeness (QED) is 0.794.